The summed E-state index contributed by atoms with van der Waals surface area (Å²) >= 11 is 0. The summed E-state index contributed by atoms with van der Waals surface area (Å²) in [5.41, 5.74) is 1.13. The second kappa shape index (κ2) is 6.74. The summed E-state index contributed by atoms with van der Waals surface area (Å²) in [4.78, 5) is 27.8. The number of fused-ring (bicyclic) bond motifs is 1. The number of hydrogen-bond acceptors (Lipinski definition) is 3. The van der Waals surface area contributed by atoms with Crippen LogP contribution in [0.5, 0.6) is 0 Å². The van der Waals surface area contributed by atoms with Gasteiger partial charge in [0.25, 0.3) is 0 Å². The van der Waals surface area contributed by atoms with Gasteiger partial charge in [0, 0.05) is 38.4 Å². The summed E-state index contributed by atoms with van der Waals surface area (Å²) in [7, 11) is 3.44. The lowest BCUT2D eigenvalue weighted by atomic mass is 9.84. The highest BCUT2D eigenvalue weighted by molar-refractivity contribution is 5.79. The molecule has 1 aliphatic carbocycles. The van der Waals surface area contributed by atoms with Crippen molar-refractivity contribution >= 4 is 11.8 Å². The molecular weight excluding hydrogens is 294 g/mol. The third-order valence-electron chi connectivity index (χ3n) is 4.81. The Morgan fingerprint density at radius 1 is 1.30 bits per heavy atom. The van der Waals surface area contributed by atoms with Gasteiger partial charge in [-0.05, 0) is 25.0 Å². The second-order valence-corrected chi connectivity index (χ2v) is 6.72. The van der Waals surface area contributed by atoms with Gasteiger partial charge in [-0.1, -0.05) is 6.42 Å². The highest BCUT2D eigenvalue weighted by Gasteiger charge is 2.33. The van der Waals surface area contributed by atoms with E-state index in [0.717, 1.165) is 25.0 Å². The average molecular weight is 319 g/mol. The Hall–Kier alpha value is -1.82. The molecule has 1 aromatic heterocycles. The third-order valence-corrected chi connectivity index (χ3v) is 4.81. The van der Waals surface area contributed by atoms with Gasteiger partial charge < -0.3 is 19.1 Å². The van der Waals surface area contributed by atoms with Crippen molar-refractivity contribution in [3.8, 4) is 0 Å². The summed E-state index contributed by atoms with van der Waals surface area (Å²) < 4.78 is 7.94. The Bertz CT molecular complexity index is 577. The molecule has 2 amide bonds. The van der Waals surface area contributed by atoms with E-state index in [1.54, 1.807) is 14.1 Å². The van der Waals surface area contributed by atoms with Crippen LogP contribution in [0.25, 0.3) is 0 Å². The lowest BCUT2D eigenvalue weighted by Crippen LogP contribution is -2.43. The van der Waals surface area contributed by atoms with Gasteiger partial charge in [-0.25, -0.2) is 0 Å². The molecule has 6 heteroatoms. The largest absolute Gasteiger partial charge is 0.365 e. The molecule has 0 radical (unpaired) electrons. The number of likely N-dealkylation sites (N-methyl/N-ethyl adjacent to an activating group) is 1. The van der Waals surface area contributed by atoms with Crippen LogP contribution in [0.3, 0.4) is 0 Å². The van der Waals surface area contributed by atoms with Crippen LogP contribution in [0.4, 0.5) is 0 Å². The molecule has 23 heavy (non-hydrogen) atoms. The van der Waals surface area contributed by atoms with Crippen LogP contribution in [-0.4, -0.2) is 59.5 Å². The van der Waals surface area contributed by atoms with Gasteiger partial charge in [0.05, 0.1) is 19.2 Å². The van der Waals surface area contributed by atoms with Crippen molar-refractivity contribution in [1.82, 2.24) is 14.4 Å². The minimum absolute atomic E-state index is 0.0553. The predicted molar refractivity (Wildman–Crippen MR) is 85.6 cm³/mol. The Labute approximate surface area is 137 Å². The van der Waals surface area contributed by atoms with Crippen molar-refractivity contribution in [3.05, 3.63) is 24.0 Å². The molecule has 0 unspecified atom stereocenters. The number of aromatic nitrogens is 1. The molecule has 0 aromatic carbocycles. The van der Waals surface area contributed by atoms with Crippen LogP contribution in [0.2, 0.25) is 0 Å². The van der Waals surface area contributed by atoms with Crippen LogP contribution >= 0.6 is 0 Å². The first-order chi connectivity index (χ1) is 11.0. The normalized spacial score (nSPS) is 21.3. The monoisotopic (exact) mass is 319 g/mol. The first kappa shape index (κ1) is 16.1. The van der Waals surface area contributed by atoms with E-state index < -0.39 is 0 Å². The van der Waals surface area contributed by atoms with Gasteiger partial charge in [0.15, 0.2) is 0 Å². The molecular formula is C17H25N3O3. The quantitative estimate of drug-likeness (QED) is 0.835. The van der Waals surface area contributed by atoms with Crippen molar-refractivity contribution in [2.45, 2.75) is 38.5 Å². The highest BCUT2D eigenvalue weighted by atomic mass is 16.5. The zero-order valence-electron chi connectivity index (χ0n) is 13.9. The number of carbonyl (C=O) groups is 2. The molecule has 6 nitrogen and oxygen atoms in total. The second-order valence-electron chi connectivity index (χ2n) is 6.72. The molecule has 126 valence electrons. The lowest BCUT2D eigenvalue weighted by Gasteiger charge is -2.32. The van der Waals surface area contributed by atoms with Crippen LogP contribution in [-0.2, 0) is 27.4 Å². The number of rotatable bonds is 4. The number of ether oxygens (including phenoxy) is 1. The first-order valence-electron chi connectivity index (χ1n) is 8.29. The lowest BCUT2D eigenvalue weighted by molar-refractivity contribution is -0.142. The van der Waals surface area contributed by atoms with Crippen LogP contribution in [0.15, 0.2) is 18.3 Å². The first-order valence-corrected chi connectivity index (χ1v) is 8.29. The van der Waals surface area contributed by atoms with E-state index in [0.29, 0.717) is 19.6 Å². The maximum Gasteiger partial charge on any atom is 0.248 e. The van der Waals surface area contributed by atoms with Gasteiger partial charge >= 0.3 is 0 Å². The van der Waals surface area contributed by atoms with Crippen molar-refractivity contribution < 1.29 is 14.3 Å². The fourth-order valence-electron chi connectivity index (χ4n) is 3.06. The SMILES string of the molecule is CN(C)C(=O)CO[C@H]1CN(C(=O)C2CCC2)Cc2cccn2C1. The third kappa shape index (κ3) is 3.58. The molecule has 2 aliphatic rings. The maximum atomic E-state index is 12.6. The zero-order valence-corrected chi connectivity index (χ0v) is 13.9. The molecule has 1 fully saturated rings. The standard InChI is InChI=1S/C17H25N3O3/c1-18(2)16(21)12-23-15-10-19-8-4-7-14(19)9-20(11-15)17(22)13-5-3-6-13/h4,7-8,13,15H,3,5-6,9-12H2,1-2H3/t15-/m1/s1. The smallest absolute Gasteiger partial charge is 0.248 e. The Kier molecular flexibility index (Phi) is 4.71. The minimum atomic E-state index is -0.156. The van der Waals surface area contributed by atoms with Gasteiger partial charge in [0.1, 0.15) is 6.61 Å². The summed E-state index contributed by atoms with van der Waals surface area (Å²) in [6.07, 6.45) is 5.01. The van der Waals surface area contributed by atoms with Gasteiger partial charge in [0.2, 0.25) is 11.8 Å². The van der Waals surface area contributed by atoms with Gasteiger partial charge in [-0.3, -0.25) is 9.59 Å². The van der Waals surface area contributed by atoms with E-state index in [4.69, 9.17) is 4.74 Å². The molecule has 3 rings (SSSR count). The van der Waals surface area contributed by atoms with E-state index in [2.05, 4.69) is 10.6 Å². The summed E-state index contributed by atoms with van der Waals surface area (Å²) in [6, 6.07) is 4.04. The molecule has 0 N–H and O–H groups in total. The molecule has 0 spiro atoms. The Morgan fingerprint density at radius 2 is 2.09 bits per heavy atom. The Balaban J connectivity index is 1.69. The highest BCUT2D eigenvalue weighted by Crippen LogP contribution is 2.29. The predicted octanol–water partition coefficient (Wildman–Crippen LogP) is 1.10. The number of amides is 2. The average Bonchev–Trinajstić information content (AvgIpc) is 2.80. The fourth-order valence-corrected chi connectivity index (χ4v) is 3.06. The maximum absolute atomic E-state index is 12.6. The van der Waals surface area contributed by atoms with Crippen molar-refractivity contribution in [2.24, 2.45) is 5.92 Å². The fraction of sp³-hybridized carbons (Fsp3) is 0.647. The molecule has 1 saturated carbocycles. The van der Waals surface area contributed by atoms with E-state index in [-0.39, 0.29) is 30.4 Å². The van der Waals surface area contributed by atoms with E-state index >= 15 is 0 Å². The molecule has 1 aliphatic heterocycles. The molecule has 0 bridgehead atoms. The summed E-state index contributed by atoms with van der Waals surface area (Å²) in [6.45, 7) is 1.92. The van der Waals surface area contributed by atoms with Gasteiger partial charge in [-0.2, -0.15) is 0 Å². The van der Waals surface area contributed by atoms with E-state index in [1.807, 2.05) is 17.2 Å². The minimum Gasteiger partial charge on any atom is -0.365 e. The summed E-state index contributed by atoms with van der Waals surface area (Å²) in [5.74, 6) is 0.359. The Morgan fingerprint density at radius 3 is 2.74 bits per heavy atom. The van der Waals surface area contributed by atoms with Crippen LogP contribution in [0.1, 0.15) is 25.0 Å². The van der Waals surface area contributed by atoms with E-state index in [1.165, 1.54) is 4.90 Å². The van der Waals surface area contributed by atoms with Crippen LogP contribution < -0.4 is 0 Å². The molecule has 1 atom stereocenters. The number of hydrogen-bond donors (Lipinski definition) is 0. The summed E-state index contributed by atoms with van der Waals surface area (Å²) in [5, 5.41) is 0. The van der Waals surface area contributed by atoms with E-state index in [9.17, 15) is 9.59 Å². The van der Waals surface area contributed by atoms with Crippen molar-refractivity contribution in [2.75, 3.05) is 27.2 Å². The molecule has 2 heterocycles. The number of carbonyl (C=O) groups excluding carboxylic acids is 2. The topological polar surface area (TPSA) is 54.8 Å². The van der Waals surface area contributed by atoms with Crippen molar-refractivity contribution in [1.29, 1.82) is 0 Å². The number of nitrogens with zero attached hydrogens (tertiary/aromatic N) is 3. The molecule has 0 saturated heterocycles. The van der Waals surface area contributed by atoms with Gasteiger partial charge in [-0.15, -0.1) is 0 Å². The van der Waals surface area contributed by atoms with Crippen molar-refractivity contribution in [3.63, 3.8) is 0 Å². The zero-order chi connectivity index (χ0) is 16.4. The van der Waals surface area contributed by atoms with Crippen LogP contribution in [0, 0.1) is 5.92 Å². The molecule has 1 aromatic rings.